The minimum absolute atomic E-state index is 0.0882. The van der Waals surface area contributed by atoms with E-state index in [0.29, 0.717) is 6.54 Å². The van der Waals surface area contributed by atoms with Crippen molar-refractivity contribution in [2.75, 3.05) is 18.6 Å². The molecule has 0 saturated heterocycles. The molecule has 28 heavy (non-hydrogen) atoms. The van der Waals surface area contributed by atoms with Gasteiger partial charge < -0.3 is 9.64 Å². The van der Waals surface area contributed by atoms with Gasteiger partial charge >= 0.3 is 0 Å². The van der Waals surface area contributed by atoms with Crippen molar-refractivity contribution in [1.29, 1.82) is 0 Å². The summed E-state index contributed by atoms with van der Waals surface area (Å²) in [6.07, 6.45) is 0.729. The Morgan fingerprint density at radius 3 is 2.25 bits per heavy atom. The van der Waals surface area contributed by atoms with E-state index in [9.17, 15) is 4.79 Å². The number of benzene rings is 3. The first-order chi connectivity index (χ1) is 13.6. The van der Waals surface area contributed by atoms with Gasteiger partial charge in [-0.05, 0) is 54.3 Å². The van der Waals surface area contributed by atoms with Gasteiger partial charge in [0.1, 0.15) is 11.1 Å². The van der Waals surface area contributed by atoms with E-state index in [4.69, 9.17) is 16.3 Å². The van der Waals surface area contributed by atoms with Gasteiger partial charge in [0.15, 0.2) is 0 Å². The number of para-hydroxylation sites is 1. The van der Waals surface area contributed by atoms with Crippen LogP contribution in [0.5, 0.6) is 5.75 Å². The Morgan fingerprint density at radius 2 is 1.61 bits per heavy atom. The fourth-order valence-electron chi connectivity index (χ4n) is 3.21. The average molecular weight is 394 g/mol. The maximum absolute atomic E-state index is 12.7. The van der Waals surface area contributed by atoms with Crippen LogP contribution in [0.2, 0.25) is 0 Å². The van der Waals surface area contributed by atoms with Crippen molar-refractivity contribution < 1.29 is 9.53 Å². The third-order valence-corrected chi connectivity index (χ3v) is 4.88. The predicted molar refractivity (Wildman–Crippen MR) is 116 cm³/mol. The van der Waals surface area contributed by atoms with Crippen LogP contribution in [-0.2, 0) is 11.2 Å². The van der Waals surface area contributed by atoms with Crippen LogP contribution in [0.15, 0.2) is 78.9 Å². The van der Waals surface area contributed by atoms with Crippen molar-refractivity contribution >= 4 is 23.2 Å². The zero-order valence-electron chi connectivity index (χ0n) is 16.1. The minimum atomic E-state index is -0.572. The summed E-state index contributed by atoms with van der Waals surface area (Å²) < 4.78 is 5.26. The number of hydrogen-bond donors (Lipinski definition) is 0. The molecule has 0 aliphatic rings. The van der Waals surface area contributed by atoms with E-state index < -0.39 is 5.38 Å². The molecular formula is C24H24ClNO2. The van der Waals surface area contributed by atoms with Crippen LogP contribution in [0.3, 0.4) is 0 Å². The maximum Gasteiger partial charge on any atom is 0.244 e. The van der Waals surface area contributed by atoms with Gasteiger partial charge in [-0.1, -0.05) is 54.6 Å². The normalized spacial score (nSPS) is 11.7. The first kappa shape index (κ1) is 20.0. The van der Waals surface area contributed by atoms with E-state index in [1.165, 1.54) is 5.56 Å². The van der Waals surface area contributed by atoms with E-state index in [1.54, 1.807) is 18.9 Å². The second-order valence-electron chi connectivity index (χ2n) is 6.58. The van der Waals surface area contributed by atoms with Crippen LogP contribution in [0, 0.1) is 0 Å². The van der Waals surface area contributed by atoms with Crippen molar-refractivity contribution in [3.63, 3.8) is 0 Å². The molecule has 0 bridgehead atoms. The predicted octanol–water partition coefficient (Wildman–Crippen LogP) is 5.57. The average Bonchev–Trinajstić information content (AvgIpc) is 2.75. The monoisotopic (exact) mass is 393 g/mol. The first-order valence-corrected chi connectivity index (χ1v) is 9.76. The largest absolute Gasteiger partial charge is 0.497 e. The van der Waals surface area contributed by atoms with Crippen LogP contribution in [0.4, 0.5) is 5.69 Å². The molecule has 4 heteroatoms. The van der Waals surface area contributed by atoms with Gasteiger partial charge in [0.2, 0.25) is 5.91 Å². The zero-order valence-corrected chi connectivity index (χ0v) is 16.9. The lowest BCUT2D eigenvalue weighted by molar-refractivity contribution is -0.118. The highest BCUT2D eigenvalue weighted by atomic mass is 35.5. The van der Waals surface area contributed by atoms with E-state index >= 15 is 0 Å². The first-order valence-electron chi connectivity index (χ1n) is 9.33. The number of ether oxygens (including phenoxy) is 1. The number of rotatable bonds is 7. The van der Waals surface area contributed by atoms with Crippen molar-refractivity contribution in [2.45, 2.75) is 18.7 Å². The Bertz CT molecular complexity index is 907. The number of anilines is 1. The number of methoxy groups -OCH3 is 1. The second-order valence-corrected chi connectivity index (χ2v) is 7.23. The van der Waals surface area contributed by atoms with Crippen molar-refractivity contribution in [1.82, 2.24) is 0 Å². The molecule has 0 saturated carbocycles. The highest BCUT2D eigenvalue weighted by Gasteiger charge is 2.20. The van der Waals surface area contributed by atoms with Crippen LogP contribution in [-0.4, -0.2) is 24.9 Å². The summed E-state index contributed by atoms with van der Waals surface area (Å²) in [6.45, 7) is 2.28. The number of nitrogens with zero attached hydrogens (tertiary/aromatic N) is 1. The van der Waals surface area contributed by atoms with Crippen LogP contribution < -0.4 is 9.64 Å². The second kappa shape index (κ2) is 9.43. The molecule has 0 aliphatic carbocycles. The summed E-state index contributed by atoms with van der Waals surface area (Å²) in [5.74, 6) is 0.743. The fourth-order valence-corrected chi connectivity index (χ4v) is 3.33. The molecule has 3 nitrogen and oxygen atoms in total. The summed E-state index contributed by atoms with van der Waals surface area (Å²) >= 11 is 6.11. The summed E-state index contributed by atoms with van der Waals surface area (Å²) in [6, 6.07) is 26.0. The lowest BCUT2D eigenvalue weighted by Crippen LogP contribution is -2.37. The number of hydrogen-bond acceptors (Lipinski definition) is 2. The number of halogens is 1. The van der Waals surface area contributed by atoms with Gasteiger partial charge in [0.25, 0.3) is 0 Å². The zero-order chi connectivity index (χ0) is 19.9. The van der Waals surface area contributed by atoms with Gasteiger partial charge in [-0.25, -0.2) is 0 Å². The van der Waals surface area contributed by atoms with Gasteiger partial charge in [0.05, 0.1) is 7.11 Å². The molecule has 1 unspecified atom stereocenters. The van der Waals surface area contributed by atoms with E-state index in [1.807, 2.05) is 54.6 Å². The molecule has 1 amide bonds. The molecule has 3 rings (SSSR count). The highest BCUT2D eigenvalue weighted by Crippen LogP contribution is 2.27. The van der Waals surface area contributed by atoms with Gasteiger partial charge in [0, 0.05) is 12.2 Å². The quantitative estimate of drug-likeness (QED) is 0.491. The van der Waals surface area contributed by atoms with E-state index in [0.717, 1.165) is 29.0 Å². The molecule has 0 N–H and O–H groups in total. The Hall–Kier alpha value is -2.78. The molecule has 0 spiro atoms. The Kier molecular flexibility index (Phi) is 6.72. The molecule has 3 aromatic rings. The third-order valence-electron chi connectivity index (χ3n) is 4.70. The van der Waals surface area contributed by atoms with Crippen LogP contribution in [0.25, 0.3) is 11.1 Å². The van der Waals surface area contributed by atoms with Crippen molar-refractivity contribution in [3.05, 3.63) is 84.4 Å². The molecule has 0 aromatic heterocycles. The van der Waals surface area contributed by atoms with Gasteiger partial charge in [-0.3, -0.25) is 4.79 Å². The van der Waals surface area contributed by atoms with Gasteiger partial charge in [-0.15, -0.1) is 11.6 Å². The molecule has 0 heterocycles. The standard InChI is InChI=1S/C24H24ClNO2/c1-18(25)24(27)26(21-9-4-3-5-10-21)17-16-19-8-6-7-11-23(19)20-12-14-22(28-2)15-13-20/h3-15,18H,16-17H2,1-2H3. The number of alkyl halides is 1. The molecule has 0 fully saturated rings. The highest BCUT2D eigenvalue weighted by molar-refractivity contribution is 6.32. The molecular weight excluding hydrogens is 370 g/mol. The van der Waals surface area contributed by atoms with Crippen LogP contribution >= 0.6 is 11.6 Å². The van der Waals surface area contributed by atoms with E-state index in [2.05, 4.69) is 24.3 Å². The summed E-state index contributed by atoms with van der Waals surface area (Å²) in [7, 11) is 1.66. The van der Waals surface area contributed by atoms with Crippen LogP contribution in [0.1, 0.15) is 12.5 Å². The summed E-state index contributed by atoms with van der Waals surface area (Å²) in [4.78, 5) is 14.4. The molecule has 3 aromatic carbocycles. The summed E-state index contributed by atoms with van der Waals surface area (Å²) in [5, 5.41) is -0.572. The Labute approximate surface area is 171 Å². The molecule has 0 aliphatic heterocycles. The Morgan fingerprint density at radius 1 is 0.964 bits per heavy atom. The smallest absolute Gasteiger partial charge is 0.244 e. The number of carbonyl (C=O) groups is 1. The molecule has 1 atom stereocenters. The number of carbonyl (C=O) groups excluding carboxylic acids is 1. The third kappa shape index (κ3) is 4.73. The Balaban J connectivity index is 1.85. The SMILES string of the molecule is COc1ccc(-c2ccccc2CCN(C(=O)C(C)Cl)c2ccccc2)cc1. The minimum Gasteiger partial charge on any atom is -0.497 e. The maximum atomic E-state index is 12.7. The molecule has 144 valence electrons. The lowest BCUT2D eigenvalue weighted by atomic mass is 9.97. The van der Waals surface area contributed by atoms with Crippen molar-refractivity contribution in [2.24, 2.45) is 0 Å². The van der Waals surface area contributed by atoms with E-state index in [-0.39, 0.29) is 5.91 Å². The topological polar surface area (TPSA) is 29.5 Å². The molecule has 0 radical (unpaired) electrons. The van der Waals surface area contributed by atoms with Crippen molar-refractivity contribution in [3.8, 4) is 16.9 Å². The lowest BCUT2D eigenvalue weighted by Gasteiger charge is -2.24. The summed E-state index contributed by atoms with van der Waals surface area (Å²) in [5.41, 5.74) is 4.33. The fraction of sp³-hybridized carbons (Fsp3) is 0.208. The number of amides is 1. The van der Waals surface area contributed by atoms with Gasteiger partial charge in [-0.2, -0.15) is 0 Å².